The van der Waals surface area contributed by atoms with Crippen LogP contribution in [0.1, 0.15) is 28.2 Å². The number of alkyl halides is 2. The quantitative estimate of drug-likeness (QED) is 0.622. The van der Waals surface area contributed by atoms with Gasteiger partial charge in [0.2, 0.25) is 0 Å². The highest BCUT2D eigenvalue weighted by molar-refractivity contribution is 14.1. The lowest BCUT2D eigenvalue weighted by atomic mass is 10.2. The summed E-state index contributed by atoms with van der Waals surface area (Å²) in [6.45, 7) is 0. The highest BCUT2D eigenvalue weighted by Gasteiger charge is 2.16. The molecule has 0 saturated carbocycles. The minimum absolute atomic E-state index is 0.0290. The predicted molar refractivity (Wildman–Crippen MR) is 52.0 cm³/mol. The lowest BCUT2D eigenvalue weighted by molar-refractivity contribution is 0.112. The second kappa shape index (κ2) is 4.41. The van der Waals surface area contributed by atoms with Gasteiger partial charge in [0.1, 0.15) is 11.8 Å². The summed E-state index contributed by atoms with van der Waals surface area (Å²) in [5.41, 5.74) is -0.704. The third kappa shape index (κ3) is 2.04. The van der Waals surface area contributed by atoms with E-state index < -0.39 is 12.1 Å². The normalized spacial score (nSPS) is 9.93. The second-order valence-electron chi connectivity index (χ2n) is 2.32. The molecule has 0 unspecified atom stereocenters. The van der Waals surface area contributed by atoms with Crippen LogP contribution in [0.3, 0.4) is 0 Å². The Balaban J connectivity index is 3.39. The van der Waals surface area contributed by atoms with Crippen LogP contribution in [0, 0.1) is 14.9 Å². The van der Waals surface area contributed by atoms with Crippen molar-refractivity contribution in [3.8, 4) is 6.07 Å². The van der Waals surface area contributed by atoms with Gasteiger partial charge in [-0.25, -0.2) is 13.8 Å². The molecule has 0 bridgehead atoms. The van der Waals surface area contributed by atoms with E-state index in [1.54, 1.807) is 28.7 Å². The molecule has 72 valence electrons. The highest BCUT2D eigenvalue weighted by atomic mass is 127. The fourth-order valence-corrected chi connectivity index (χ4v) is 1.54. The van der Waals surface area contributed by atoms with E-state index in [1.807, 2.05) is 0 Å². The number of hydrogen-bond acceptors (Lipinski definition) is 3. The third-order valence-electron chi connectivity index (χ3n) is 1.47. The van der Waals surface area contributed by atoms with Crippen molar-refractivity contribution >= 4 is 28.9 Å². The molecule has 0 N–H and O–H groups in total. The van der Waals surface area contributed by atoms with Crippen LogP contribution in [0.25, 0.3) is 0 Å². The van der Waals surface area contributed by atoms with Crippen molar-refractivity contribution < 1.29 is 13.6 Å². The Morgan fingerprint density at radius 1 is 1.64 bits per heavy atom. The van der Waals surface area contributed by atoms with Crippen molar-refractivity contribution in [2.45, 2.75) is 6.43 Å². The molecule has 0 amide bonds. The predicted octanol–water partition coefficient (Wildman–Crippen LogP) is 2.31. The summed E-state index contributed by atoms with van der Waals surface area (Å²) in [5, 5.41) is 8.53. The maximum absolute atomic E-state index is 12.3. The Morgan fingerprint density at radius 3 is 2.71 bits per heavy atom. The van der Waals surface area contributed by atoms with Crippen LogP contribution in [0.2, 0.25) is 0 Å². The molecule has 3 nitrogen and oxygen atoms in total. The second-order valence-corrected chi connectivity index (χ2v) is 3.49. The van der Waals surface area contributed by atoms with Crippen molar-refractivity contribution in [1.82, 2.24) is 4.98 Å². The maximum atomic E-state index is 12.3. The smallest absolute Gasteiger partial charge is 0.281 e. The first-order valence-corrected chi connectivity index (χ1v) is 4.52. The van der Waals surface area contributed by atoms with Gasteiger partial charge in [-0.15, -0.1) is 0 Å². The Hall–Kier alpha value is -1.10. The van der Waals surface area contributed by atoms with Crippen molar-refractivity contribution in [2.24, 2.45) is 0 Å². The molecule has 0 atom stereocenters. The molecule has 0 aliphatic rings. The van der Waals surface area contributed by atoms with Crippen LogP contribution in [0.4, 0.5) is 8.78 Å². The highest BCUT2D eigenvalue weighted by Crippen LogP contribution is 2.23. The summed E-state index contributed by atoms with van der Waals surface area (Å²) in [7, 11) is 0. The van der Waals surface area contributed by atoms with Crippen LogP contribution >= 0.6 is 22.6 Å². The van der Waals surface area contributed by atoms with Gasteiger partial charge in [-0.05, 0) is 28.7 Å². The zero-order chi connectivity index (χ0) is 10.7. The number of carbonyl (C=O) groups is 1. The SMILES string of the molecule is N#Cc1nc(C(F)F)c(I)cc1C=O. The van der Waals surface area contributed by atoms with Crippen LogP contribution in [-0.4, -0.2) is 11.3 Å². The number of nitrogens with zero attached hydrogens (tertiary/aromatic N) is 2. The van der Waals surface area contributed by atoms with Crippen LogP contribution in [-0.2, 0) is 0 Å². The number of nitriles is 1. The third-order valence-corrected chi connectivity index (χ3v) is 2.34. The Morgan fingerprint density at radius 2 is 2.29 bits per heavy atom. The monoisotopic (exact) mass is 308 g/mol. The van der Waals surface area contributed by atoms with Crippen molar-refractivity contribution in [1.29, 1.82) is 5.26 Å². The first-order valence-electron chi connectivity index (χ1n) is 3.44. The number of rotatable bonds is 2. The van der Waals surface area contributed by atoms with Gasteiger partial charge < -0.3 is 0 Å². The molecule has 1 rings (SSSR count). The van der Waals surface area contributed by atoms with E-state index in [2.05, 4.69) is 4.98 Å². The molecule has 0 aromatic carbocycles. The largest absolute Gasteiger partial charge is 0.298 e. The molecule has 0 aliphatic heterocycles. The number of aldehydes is 1. The van der Waals surface area contributed by atoms with Crippen molar-refractivity contribution in [2.75, 3.05) is 0 Å². The molecular formula is C8H3F2IN2O. The summed E-state index contributed by atoms with van der Waals surface area (Å²) in [4.78, 5) is 13.8. The molecule has 1 aromatic heterocycles. The standard InChI is InChI=1S/C8H3F2IN2O/c9-8(10)7-5(11)1-4(3-14)6(2-12)13-7/h1,3,8H. The van der Waals surface area contributed by atoms with E-state index >= 15 is 0 Å². The Labute approximate surface area is 91.9 Å². The van der Waals surface area contributed by atoms with Crippen LogP contribution < -0.4 is 0 Å². The van der Waals surface area contributed by atoms with Gasteiger partial charge in [-0.2, -0.15) is 5.26 Å². The molecule has 1 aromatic rings. The summed E-state index contributed by atoms with van der Waals surface area (Å²) in [6.07, 6.45) is -2.32. The topological polar surface area (TPSA) is 53.8 Å². The fraction of sp³-hybridized carbons (Fsp3) is 0.125. The lowest BCUT2D eigenvalue weighted by Crippen LogP contribution is -2.01. The number of aromatic nitrogens is 1. The molecule has 0 radical (unpaired) electrons. The number of carbonyl (C=O) groups excluding carboxylic acids is 1. The van der Waals surface area contributed by atoms with E-state index in [0.29, 0.717) is 6.29 Å². The van der Waals surface area contributed by atoms with Gasteiger partial charge in [0.05, 0.1) is 5.56 Å². The van der Waals surface area contributed by atoms with E-state index in [4.69, 9.17) is 5.26 Å². The zero-order valence-electron chi connectivity index (χ0n) is 6.67. The van der Waals surface area contributed by atoms with Gasteiger partial charge in [0.15, 0.2) is 12.0 Å². The van der Waals surface area contributed by atoms with Crippen molar-refractivity contribution in [3.63, 3.8) is 0 Å². The van der Waals surface area contributed by atoms with Gasteiger partial charge >= 0.3 is 0 Å². The van der Waals surface area contributed by atoms with E-state index in [9.17, 15) is 13.6 Å². The van der Waals surface area contributed by atoms with Crippen LogP contribution in [0.5, 0.6) is 0 Å². The maximum Gasteiger partial charge on any atom is 0.281 e. The summed E-state index contributed by atoms with van der Waals surface area (Å²) < 4.78 is 24.8. The van der Waals surface area contributed by atoms with Gasteiger partial charge in [0.25, 0.3) is 6.43 Å². The Bertz CT molecular complexity index is 415. The number of pyridine rings is 1. The molecule has 14 heavy (non-hydrogen) atoms. The fourth-order valence-electron chi connectivity index (χ4n) is 0.850. The Kier molecular flexibility index (Phi) is 3.46. The lowest BCUT2D eigenvalue weighted by Gasteiger charge is -2.03. The molecule has 0 aliphatic carbocycles. The summed E-state index contributed by atoms with van der Waals surface area (Å²) >= 11 is 1.65. The van der Waals surface area contributed by atoms with Gasteiger partial charge in [-0.1, -0.05) is 0 Å². The minimum atomic E-state index is -2.74. The van der Waals surface area contributed by atoms with E-state index in [0.717, 1.165) is 0 Å². The molecular weight excluding hydrogens is 305 g/mol. The molecule has 0 saturated heterocycles. The molecule has 0 fully saturated rings. The van der Waals surface area contributed by atoms with Gasteiger partial charge in [-0.3, -0.25) is 4.79 Å². The zero-order valence-corrected chi connectivity index (χ0v) is 8.83. The van der Waals surface area contributed by atoms with E-state index in [1.165, 1.54) is 6.07 Å². The summed E-state index contributed by atoms with van der Waals surface area (Å²) in [6, 6.07) is 2.81. The van der Waals surface area contributed by atoms with E-state index in [-0.39, 0.29) is 14.8 Å². The van der Waals surface area contributed by atoms with Crippen LogP contribution in [0.15, 0.2) is 6.07 Å². The average molecular weight is 308 g/mol. The van der Waals surface area contributed by atoms with Gasteiger partial charge in [0, 0.05) is 3.57 Å². The molecule has 0 spiro atoms. The van der Waals surface area contributed by atoms with Crippen molar-refractivity contribution in [3.05, 3.63) is 26.6 Å². The minimum Gasteiger partial charge on any atom is -0.298 e. The number of halogens is 3. The average Bonchev–Trinajstić information content (AvgIpc) is 2.16. The number of hydrogen-bond donors (Lipinski definition) is 0. The first-order chi connectivity index (χ1) is 6.60. The first kappa shape index (κ1) is 11.0. The molecule has 6 heteroatoms. The molecule has 1 heterocycles. The summed E-state index contributed by atoms with van der Waals surface area (Å²) in [5.74, 6) is 0.